The Morgan fingerprint density at radius 1 is 1.13 bits per heavy atom. The molecule has 0 aromatic heterocycles. The van der Waals surface area contributed by atoms with Crippen molar-refractivity contribution in [3.63, 3.8) is 0 Å². The summed E-state index contributed by atoms with van der Waals surface area (Å²) in [7, 11) is 0. The van der Waals surface area contributed by atoms with Crippen LogP contribution in [0.2, 0.25) is 0 Å². The van der Waals surface area contributed by atoms with Gasteiger partial charge in [-0.2, -0.15) is 0 Å². The van der Waals surface area contributed by atoms with Crippen LogP contribution in [0.1, 0.15) is 54.9 Å². The van der Waals surface area contributed by atoms with Crippen LogP contribution in [0.25, 0.3) is 0 Å². The molecular weight excluding hydrogens is 599 g/mol. The number of unbranched alkanes of at least 4 members (excludes halogenated alkanes) is 2. The molecule has 0 aliphatic heterocycles. The zero-order chi connectivity index (χ0) is 23.2. The van der Waals surface area contributed by atoms with Crippen LogP contribution in [0.15, 0.2) is 23.2 Å². The molecule has 0 radical (unpaired) electrons. The number of hydrogen-bond acceptors (Lipinski definition) is 4. The molecule has 0 heterocycles. The number of nitrogens with two attached hydrogens (primary N) is 2. The van der Waals surface area contributed by atoms with Crippen LogP contribution < -0.4 is 30.7 Å². The van der Waals surface area contributed by atoms with Gasteiger partial charge in [-0.05, 0) is 13.3 Å². The van der Waals surface area contributed by atoms with Crippen LogP contribution in [0.3, 0.4) is 0 Å². The zero-order valence-corrected chi connectivity index (χ0v) is 20.6. The average Bonchev–Trinajstić information content (AvgIpc) is 2.70. The molecular formula is C20H31AtN6O4. The topological polar surface area (TPSA) is 172 Å². The summed E-state index contributed by atoms with van der Waals surface area (Å²) in [5.41, 5.74) is 12.3. The number of urea groups is 1. The molecule has 0 saturated heterocycles. The third-order valence-electron chi connectivity index (χ3n) is 4.34. The van der Waals surface area contributed by atoms with Crippen molar-refractivity contribution < 1.29 is 44.2 Å². The summed E-state index contributed by atoms with van der Waals surface area (Å²) < 4.78 is 0.999. The SMILES string of the molecule is C[C@H](CCC(=O)O)NC(=O)NCCCCCNC(=O)c1ccc(CN=C(N)N)c([211At])c1. The Kier molecular flexibility index (Phi) is 12.5. The van der Waals surface area contributed by atoms with Crippen molar-refractivity contribution in [2.24, 2.45) is 16.5 Å². The molecule has 1 aromatic rings. The maximum absolute atomic E-state index is 12.3. The average molecular weight is 630 g/mol. The van der Waals surface area contributed by atoms with E-state index < -0.39 is 5.97 Å². The van der Waals surface area contributed by atoms with Gasteiger partial charge in [0.2, 0.25) is 0 Å². The fourth-order valence-electron chi connectivity index (χ4n) is 2.61. The van der Waals surface area contributed by atoms with Crippen molar-refractivity contribution in [3.05, 3.63) is 29.3 Å². The normalized spacial score (nSPS) is 11.3. The summed E-state index contributed by atoms with van der Waals surface area (Å²) in [5, 5.41) is 17.0. The summed E-state index contributed by atoms with van der Waals surface area (Å²) in [6, 6.07) is 4.96. The number of amides is 3. The van der Waals surface area contributed by atoms with Gasteiger partial charge in [0, 0.05) is 12.5 Å². The number of aliphatic imine (C=N–C) groups is 1. The number of carboxylic acids is 1. The van der Waals surface area contributed by atoms with Gasteiger partial charge in [-0.25, -0.2) is 4.79 Å². The molecule has 1 atom stereocenters. The van der Waals surface area contributed by atoms with Crippen LogP contribution in [-0.4, -0.2) is 48.1 Å². The molecule has 0 saturated carbocycles. The number of hydrogen-bond donors (Lipinski definition) is 6. The number of nitrogens with one attached hydrogen (secondary N) is 3. The van der Waals surface area contributed by atoms with E-state index in [1.54, 1.807) is 13.0 Å². The Bertz CT molecular complexity index is 783. The van der Waals surface area contributed by atoms with Crippen LogP contribution in [0.5, 0.6) is 0 Å². The molecule has 0 spiro atoms. The zero-order valence-electron chi connectivity index (χ0n) is 17.6. The number of rotatable bonds is 13. The summed E-state index contributed by atoms with van der Waals surface area (Å²) in [6.45, 7) is 3.23. The Morgan fingerprint density at radius 3 is 2.42 bits per heavy atom. The molecule has 172 valence electrons. The second-order valence-electron chi connectivity index (χ2n) is 7.10. The molecule has 0 unspecified atom stereocenters. The molecule has 0 aliphatic carbocycles. The first kappa shape index (κ1) is 26.6. The number of carbonyl (C=O) groups excluding carboxylic acids is 2. The number of aliphatic carboxylic acids is 1. The molecule has 3 amide bonds. The number of nitrogens with zero attached hydrogens (tertiary/aromatic N) is 1. The Labute approximate surface area is 197 Å². The predicted octanol–water partition coefficient (Wildman–Crippen LogP) is 0.0872. The van der Waals surface area contributed by atoms with Crippen LogP contribution in [0.4, 0.5) is 4.79 Å². The van der Waals surface area contributed by atoms with Crippen molar-refractivity contribution >= 4 is 27.1 Å². The van der Waals surface area contributed by atoms with E-state index in [1.807, 2.05) is 12.1 Å². The molecule has 8 N–H and O–H groups in total. The van der Waals surface area contributed by atoms with Gasteiger partial charge in [-0.3, -0.25) is 4.79 Å². The monoisotopic (exact) mass is 630 g/mol. The standard InChI is InChI=1S/C20H31AtN6O4/c1-13(5-8-17(28)29)27-20(31)25-10-4-2-3-9-24-18(30)14-6-7-15(16(21)11-14)12-26-19(22)23/h6-7,11,13H,2-5,8-10,12H2,1H3,(H,24,30)(H,28,29)(H4,22,23,26)(H2,25,27,31)/t13-/m1/s1/i21+1. The second kappa shape index (κ2) is 14.6. The first-order chi connectivity index (χ1) is 14.7. The van der Waals surface area contributed by atoms with Gasteiger partial charge < -0.3 is 10.4 Å². The van der Waals surface area contributed by atoms with Crippen molar-refractivity contribution in [2.45, 2.75) is 51.6 Å². The molecule has 0 aliphatic rings. The van der Waals surface area contributed by atoms with E-state index in [1.165, 1.54) is 24.7 Å². The van der Waals surface area contributed by atoms with Crippen LogP contribution in [-0.2, 0) is 11.3 Å². The van der Waals surface area contributed by atoms with Gasteiger partial charge in [0.15, 0.2) is 0 Å². The Morgan fingerprint density at radius 2 is 1.81 bits per heavy atom. The van der Waals surface area contributed by atoms with E-state index in [-0.39, 0.29) is 30.4 Å². The summed E-state index contributed by atoms with van der Waals surface area (Å²) in [5.74, 6) is -0.968. The Hall–Kier alpha value is -2.42. The quantitative estimate of drug-likeness (QED) is 0.102. The van der Waals surface area contributed by atoms with E-state index in [9.17, 15) is 14.4 Å². The third-order valence-corrected chi connectivity index (χ3v) is 5.71. The van der Waals surface area contributed by atoms with E-state index in [0.717, 1.165) is 28.1 Å². The minimum atomic E-state index is -0.878. The molecule has 1 aromatic carbocycles. The van der Waals surface area contributed by atoms with E-state index >= 15 is 0 Å². The van der Waals surface area contributed by atoms with Gasteiger partial charge in [-0.1, -0.05) is 0 Å². The number of guanidine groups is 1. The summed E-state index contributed by atoms with van der Waals surface area (Å²) in [6.07, 6.45) is 2.86. The predicted molar refractivity (Wildman–Crippen MR) is 115 cm³/mol. The summed E-state index contributed by atoms with van der Waals surface area (Å²) in [4.78, 5) is 38.5. The van der Waals surface area contributed by atoms with Crippen LogP contribution in [0, 0.1) is 24.7 Å². The number of carboxylic acid groups (broad SMARTS) is 1. The first-order valence-electron chi connectivity index (χ1n) is 10.1. The van der Waals surface area contributed by atoms with Gasteiger partial charge >= 0.3 is 152 Å². The Balaban J connectivity index is 2.19. The summed E-state index contributed by atoms with van der Waals surface area (Å²) >= 11 is 1.46. The van der Waals surface area contributed by atoms with Crippen molar-refractivity contribution in [1.29, 1.82) is 0 Å². The van der Waals surface area contributed by atoms with Gasteiger partial charge in [0.25, 0.3) is 0 Å². The molecule has 10 nitrogen and oxygen atoms in total. The minimum absolute atomic E-state index is 0.0234. The number of benzene rings is 1. The molecule has 31 heavy (non-hydrogen) atoms. The van der Waals surface area contributed by atoms with Gasteiger partial charge in [0.05, 0.1) is 0 Å². The van der Waals surface area contributed by atoms with Crippen molar-refractivity contribution in [2.75, 3.05) is 13.1 Å². The molecule has 0 bridgehead atoms. The molecule has 11 heteroatoms. The van der Waals surface area contributed by atoms with Gasteiger partial charge in [0.1, 0.15) is 0 Å². The van der Waals surface area contributed by atoms with Crippen molar-refractivity contribution in [3.8, 4) is 0 Å². The fraction of sp³-hybridized carbons (Fsp3) is 0.500. The van der Waals surface area contributed by atoms with E-state index in [2.05, 4.69) is 20.9 Å². The first-order valence-corrected chi connectivity index (χ1v) is 11.5. The van der Waals surface area contributed by atoms with Crippen LogP contribution >= 0.6 is 0 Å². The number of carbonyl (C=O) groups is 3. The molecule has 1 rings (SSSR count). The van der Waals surface area contributed by atoms with E-state index in [0.29, 0.717) is 31.6 Å². The van der Waals surface area contributed by atoms with Crippen molar-refractivity contribution in [1.82, 2.24) is 16.0 Å². The fourth-order valence-corrected chi connectivity index (χ4v) is 3.55. The van der Waals surface area contributed by atoms with E-state index in [4.69, 9.17) is 16.6 Å². The second-order valence-corrected chi connectivity index (χ2v) is 8.68. The molecule has 0 fully saturated rings. The third kappa shape index (κ3) is 12.1. The maximum atomic E-state index is 12.3. The van der Waals surface area contributed by atoms with Gasteiger partial charge in [-0.15, -0.1) is 0 Å².